The number of hydrogen-bond acceptors (Lipinski definition) is 7. The van der Waals surface area contributed by atoms with Gasteiger partial charge >= 0.3 is 12.0 Å². The van der Waals surface area contributed by atoms with E-state index in [0.29, 0.717) is 26.1 Å². The predicted molar refractivity (Wildman–Crippen MR) is 161 cm³/mol. The number of ether oxygens (including phenoxy) is 1. The average molecular weight is 567 g/mol. The van der Waals surface area contributed by atoms with E-state index >= 15 is 0 Å². The van der Waals surface area contributed by atoms with Gasteiger partial charge in [0, 0.05) is 31.4 Å². The minimum atomic E-state index is -1.02. The number of fused-ring (bicyclic) bond motifs is 1. The van der Waals surface area contributed by atoms with Gasteiger partial charge in [-0.05, 0) is 102 Å². The molecule has 4 rings (SSSR count). The first-order chi connectivity index (χ1) is 20.0. The molecule has 224 valence electrons. The number of carboxylic acid groups (broad SMARTS) is 1. The first-order valence-electron chi connectivity index (χ1n) is 15.1. The average Bonchev–Trinajstić information content (AvgIpc) is 2.98. The van der Waals surface area contributed by atoms with Crippen LogP contribution in [0.2, 0.25) is 0 Å². The number of unbranched alkanes of at least 4 members (excludes halogenated alkanes) is 1. The number of nitrogens with zero attached hydrogens (tertiary/aromatic N) is 3. The molecule has 1 saturated heterocycles. The largest absolute Gasteiger partial charge is 0.492 e. The summed E-state index contributed by atoms with van der Waals surface area (Å²) in [6, 6.07) is 12.7. The van der Waals surface area contributed by atoms with E-state index in [0.717, 1.165) is 88.4 Å². The lowest BCUT2D eigenvalue weighted by Gasteiger charge is -2.30. The van der Waals surface area contributed by atoms with E-state index in [9.17, 15) is 14.7 Å². The SMILES string of the molecule is CN1CCC(NC(=O)NC(CCN(CCCCc2ccc3c(n2)NCCC3)CCOc2ccccc2)C(=O)O)CC1. The van der Waals surface area contributed by atoms with Crippen LogP contribution in [-0.2, 0) is 17.6 Å². The van der Waals surface area contributed by atoms with Gasteiger partial charge in [-0.25, -0.2) is 14.6 Å². The summed E-state index contributed by atoms with van der Waals surface area (Å²) in [5.41, 5.74) is 2.40. The molecule has 1 fully saturated rings. The Kier molecular flexibility index (Phi) is 12.1. The van der Waals surface area contributed by atoms with E-state index < -0.39 is 18.0 Å². The predicted octanol–water partition coefficient (Wildman–Crippen LogP) is 3.38. The lowest BCUT2D eigenvalue weighted by molar-refractivity contribution is -0.139. The molecule has 41 heavy (non-hydrogen) atoms. The number of likely N-dealkylation sites (tertiary alicyclic amines) is 1. The topological polar surface area (TPSA) is 119 Å². The van der Waals surface area contributed by atoms with Crippen molar-refractivity contribution in [1.29, 1.82) is 0 Å². The normalized spacial score (nSPS) is 16.4. The third kappa shape index (κ3) is 10.5. The molecule has 2 amide bonds. The van der Waals surface area contributed by atoms with Gasteiger partial charge in [-0.2, -0.15) is 0 Å². The molecule has 4 N–H and O–H groups in total. The fraction of sp³-hybridized carbons (Fsp3) is 0.581. The second-order valence-corrected chi connectivity index (χ2v) is 11.2. The molecular formula is C31H46N6O4. The second kappa shape index (κ2) is 16.2. The Labute approximate surface area is 243 Å². The van der Waals surface area contributed by atoms with E-state index in [4.69, 9.17) is 9.72 Å². The van der Waals surface area contributed by atoms with E-state index in [-0.39, 0.29) is 6.04 Å². The summed E-state index contributed by atoms with van der Waals surface area (Å²) in [5, 5.41) is 18.9. The quantitative estimate of drug-likeness (QED) is 0.242. The van der Waals surface area contributed by atoms with Crippen LogP contribution in [0.1, 0.15) is 49.8 Å². The minimum absolute atomic E-state index is 0.0765. The number of nitrogens with one attached hydrogen (secondary N) is 3. The molecule has 0 saturated carbocycles. The Balaban J connectivity index is 1.25. The monoisotopic (exact) mass is 566 g/mol. The molecule has 1 unspecified atom stereocenters. The third-order valence-corrected chi connectivity index (χ3v) is 7.92. The molecule has 10 heteroatoms. The number of amides is 2. The highest BCUT2D eigenvalue weighted by Gasteiger charge is 2.24. The van der Waals surface area contributed by atoms with Gasteiger partial charge in [-0.3, -0.25) is 4.90 Å². The molecule has 2 aliphatic heterocycles. The number of aliphatic carboxylic acids is 1. The number of carboxylic acids is 1. The third-order valence-electron chi connectivity index (χ3n) is 7.92. The Bertz CT molecular complexity index is 1090. The van der Waals surface area contributed by atoms with Gasteiger partial charge in [-0.15, -0.1) is 0 Å². The number of para-hydroxylation sites is 1. The summed E-state index contributed by atoms with van der Waals surface area (Å²) in [4.78, 5) is 33.8. The van der Waals surface area contributed by atoms with Crippen LogP contribution in [-0.4, -0.2) is 96.9 Å². The van der Waals surface area contributed by atoms with Crippen molar-refractivity contribution in [3.8, 4) is 5.75 Å². The van der Waals surface area contributed by atoms with E-state index in [2.05, 4.69) is 44.9 Å². The van der Waals surface area contributed by atoms with Crippen molar-refractivity contribution in [2.45, 2.75) is 63.5 Å². The molecule has 0 spiro atoms. The number of rotatable bonds is 15. The number of urea groups is 1. The summed E-state index contributed by atoms with van der Waals surface area (Å²) >= 11 is 0. The lowest BCUT2D eigenvalue weighted by Crippen LogP contribution is -2.52. The zero-order valence-electron chi connectivity index (χ0n) is 24.3. The molecule has 0 bridgehead atoms. The van der Waals surface area contributed by atoms with Crippen LogP contribution in [0.15, 0.2) is 42.5 Å². The zero-order valence-corrected chi connectivity index (χ0v) is 24.3. The zero-order chi connectivity index (χ0) is 28.9. The summed E-state index contributed by atoms with van der Waals surface area (Å²) < 4.78 is 5.92. The molecular weight excluding hydrogens is 520 g/mol. The van der Waals surface area contributed by atoms with Gasteiger partial charge < -0.3 is 30.7 Å². The van der Waals surface area contributed by atoms with Crippen LogP contribution < -0.4 is 20.7 Å². The maximum atomic E-state index is 12.6. The minimum Gasteiger partial charge on any atom is -0.492 e. The Morgan fingerprint density at radius 1 is 1.12 bits per heavy atom. The molecule has 2 aromatic rings. The van der Waals surface area contributed by atoms with Crippen LogP contribution in [0.3, 0.4) is 0 Å². The maximum Gasteiger partial charge on any atom is 0.326 e. The van der Waals surface area contributed by atoms with Crippen LogP contribution in [0, 0.1) is 0 Å². The van der Waals surface area contributed by atoms with Crippen LogP contribution in [0.25, 0.3) is 0 Å². The van der Waals surface area contributed by atoms with Crippen molar-refractivity contribution in [3.05, 3.63) is 53.7 Å². The summed E-state index contributed by atoms with van der Waals surface area (Å²) in [6.07, 6.45) is 7.14. The fourth-order valence-corrected chi connectivity index (χ4v) is 5.40. The number of aromatic nitrogens is 1. The van der Waals surface area contributed by atoms with Crippen molar-refractivity contribution in [2.75, 3.05) is 58.2 Å². The molecule has 0 aliphatic carbocycles. The smallest absolute Gasteiger partial charge is 0.326 e. The Hall–Kier alpha value is -3.37. The number of carbonyl (C=O) groups is 2. The first-order valence-corrected chi connectivity index (χ1v) is 15.1. The number of aryl methyl sites for hydroxylation is 2. The number of carbonyl (C=O) groups excluding carboxylic acids is 1. The second-order valence-electron chi connectivity index (χ2n) is 11.2. The Morgan fingerprint density at radius 3 is 2.71 bits per heavy atom. The van der Waals surface area contributed by atoms with Crippen molar-refractivity contribution < 1.29 is 19.4 Å². The highest BCUT2D eigenvalue weighted by molar-refractivity contribution is 5.82. The molecule has 3 heterocycles. The molecule has 0 radical (unpaired) electrons. The van der Waals surface area contributed by atoms with Gasteiger partial charge in [0.25, 0.3) is 0 Å². The number of anilines is 1. The van der Waals surface area contributed by atoms with Crippen LogP contribution >= 0.6 is 0 Å². The van der Waals surface area contributed by atoms with Crippen LogP contribution in [0.5, 0.6) is 5.75 Å². The Morgan fingerprint density at radius 2 is 1.93 bits per heavy atom. The van der Waals surface area contributed by atoms with E-state index in [1.807, 2.05) is 30.3 Å². The first kappa shape index (κ1) is 30.6. The molecule has 1 aromatic carbocycles. The molecule has 1 aromatic heterocycles. The van der Waals surface area contributed by atoms with Crippen molar-refractivity contribution >= 4 is 17.8 Å². The number of pyridine rings is 1. The van der Waals surface area contributed by atoms with Crippen LogP contribution in [0.4, 0.5) is 10.6 Å². The van der Waals surface area contributed by atoms with Gasteiger partial charge in [-0.1, -0.05) is 24.3 Å². The van der Waals surface area contributed by atoms with Gasteiger partial charge in [0.05, 0.1) is 0 Å². The van der Waals surface area contributed by atoms with Gasteiger partial charge in [0.15, 0.2) is 0 Å². The van der Waals surface area contributed by atoms with Crippen molar-refractivity contribution in [1.82, 2.24) is 25.4 Å². The molecule has 10 nitrogen and oxygen atoms in total. The standard InChI is InChI=1S/C31H46N6O4/c1-36-19-14-26(15-20-36)34-31(40)35-28(30(38)39)16-21-37(22-23-41-27-10-3-2-4-11-27)18-6-5-9-25-13-12-24-8-7-17-32-29(24)33-25/h2-4,10-13,26,28H,5-9,14-23H2,1H3,(H,32,33)(H,38,39)(H2,34,35,40). The van der Waals surface area contributed by atoms with Crippen molar-refractivity contribution in [2.24, 2.45) is 0 Å². The number of piperidine rings is 1. The fourth-order valence-electron chi connectivity index (χ4n) is 5.40. The number of hydrogen-bond donors (Lipinski definition) is 4. The maximum absolute atomic E-state index is 12.6. The lowest BCUT2D eigenvalue weighted by atomic mass is 10.1. The molecule has 1 atom stereocenters. The van der Waals surface area contributed by atoms with Crippen molar-refractivity contribution in [3.63, 3.8) is 0 Å². The number of benzene rings is 1. The molecule has 2 aliphatic rings. The van der Waals surface area contributed by atoms with E-state index in [1.165, 1.54) is 5.56 Å². The summed E-state index contributed by atoms with van der Waals surface area (Å²) in [6.45, 7) is 5.36. The summed E-state index contributed by atoms with van der Waals surface area (Å²) in [7, 11) is 2.07. The van der Waals surface area contributed by atoms with Gasteiger partial charge in [0.2, 0.25) is 0 Å². The highest BCUT2D eigenvalue weighted by atomic mass is 16.5. The summed E-state index contributed by atoms with van der Waals surface area (Å²) in [5.74, 6) is 0.826. The van der Waals surface area contributed by atoms with Gasteiger partial charge in [0.1, 0.15) is 24.2 Å². The van der Waals surface area contributed by atoms with E-state index in [1.54, 1.807) is 0 Å². The highest BCUT2D eigenvalue weighted by Crippen LogP contribution is 2.20.